The molecule has 0 saturated heterocycles. The molecule has 0 saturated carbocycles. The van der Waals surface area contributed by atoms with Gasteiger partial charge in [-0.05, 0) is 42.9 Å². The summed E-state index contributed by atoms with van der Waals surface area (Å²) >= 11 is 0. The van der Waals surface area contributed by atoms with Crippen LogP contribution in [0, 0.1) is 5.92 Å². The van der Waals surface area contributed by atoms with Crippen molar-refractivity contribution in [3.05, 3.63) is 35.4 Å². The number of aliphatic hydroxyl groups excluding tert-OH is 1. The second kappa shape index (κ2) is 9.11. The Morgan fingerprint density at radius 3 is 2.21 bits per heavy atom. The zero-order chi connectivity index (χ0) is 14.1. The van der Waals surface area contributed by atoms with Crippen molar-refractivity contribution in [1.82, 2.24) is 5.32 Å². The second-order valence-electron chi connectivity index (χ2n) is 5.25. The van der Waals surface area contributed by atoms with Crippen LogP contribution >= 0.6 is 0 Å². The lowest BCUT2D eigenvalue weighted by Crippen LogP contribution is -2.27. The minimum atomic E-state index is 0.294. The number of nitrogens with one attached hydrogen (secondary N) is 1. The minimum Gasteiger partial charge on any atom is -0.396 e. The maximum Gasteiger partial charge on any atom is 0.0434 e. The van der Waals surface area contributed by atoms with Gasteiger partial charge in [-0.25, -0.2) is 0 Å². The number of hydrogen-bond donors (Lipinski definition) is 2. The summed E-state index contributed by atoms with van der Waals surface area (Å²) in [6, 6.07) is 9.37. The Kier molecular flexibility index (Phi) is 7.76. The van der Waals surface area contributed by atoms with Crippen LogP contribution in [0.5, 0.6) is 0 Å². The summed E-state index contributed by atoms with van der Waals surface area (Å²) in [4.78, 5) is 0. The normalized spacial score (nSPS) is 14.3. The first-order valence-electron chi connectivity index (χ1n) is 7.68. The molecule has 2 nitrogen and oxygen atoms in total. The van der Waals surface area contributed by atoms with Crippen LogP contribution < -0.4 is 5.32 Å². The van der Waals surface area contributed by atoms with Crippen LogP contribution in [-0.2, 0) is 6.42 Å². The molecule has 0 aliphatic rings. The molecule has 2 N–H and O–H groups in total. The van der Waals surface area contributed by atoms with Gasteiger partial charge in [-0.15, -0.1) is 0 Å². The topological polar surface area (TPSA) is 32.3 Å². The Bertz CT molecular complexity index is 334. The van der Waals surface area contributed by atoms with E-state index < -0.39 is 0 Å². The van der Waals surface area contributed by atoms with Crippen molar-refractivity contribution in [3.8, 4) is 0 Å². The molecular formula is C17H29NO. The Morgan fingerprint density at radius 1 is 1.05 bits per heavy atom. The summed E-state index contributed by atoms with van der Waals surface area (Å²) in [5.74, 6) is 0.578. The molecule has 0 aliphatic heterocycles. The largest absolute Gasteiger partial charge is 0.396 e. The van der Waals surface area contributed by atoms with Crippen molar-refractivity contribution < 1.29 is 5.11 Å². The summed E-state index contributed by atoms with van der Waals surface area (Å²) in [6.45, 7) is 7.88. The minimum absolute atomic E-state index is 0.294. The van der Waals surface area contributed by atoms with Gasteiger partial charge in [0.1, 0.15) is 0 Å². The van der Waals surface area contributed by atoms with Gasteiger partial charge in [0, 0.05) is 12.6 Å². The molecule has 0 aromatic heterocycles. The summed E-state index contributed by atoms with van der Waals surface area (Å²) in [6.07, 6.45) is 4.22. The van der Waals surface area contributed by atoms with E-state index in [0.29, 0.717) is 18.6 Å². The van der Waals surface area contributed by atoms with E-state index in [0.717, 1.165) is 32.2 Å². The summed E-state index contributed by atoms with van der Waals surface area (Å²) < 4.78 is 0. The summed E-state index contributed by atoms with van der Waals surface area (Å²) in [5.41, 5.74) is 2.77. The lowest BCUT2D eigenvalue weighted by atomic mass is 9.99. The molecule has 2 unspecified atom stereocenters. The molecule has 108 valence electrons. The lowest BCUT2D eigenvalue weighted by molar-refractivity contribution is 0.248. The van der Waals surface area contributed by atoms with E-state index in [1.807, 2.05) is 0 Å². The van der Waals surface area contributed by atoms with Gasteiger partial charge < -0.3 is 10.4 Å². The standard InChI is InChI=1S/C17H29NO/c1-4-14-7-9-16(10-8-14)17(6-3)18-13-15(5-2)11-12-19/h7-10,15,17-19H,4-6,11-13H2,1-3H3. The van der Waals surface area contributed by atoms with E-state index in [2.05, 4.69) is 50.4 Å². The third-order valence-corrected chi connectivity index (χ3v) is 3.97. The van der Waals surface area contributed by atoms with E-state index in [1.165, 1.54) is 11.1 Å². The molecule has 0 aliphatic carbocycles. The molecule has 2 atom stereocenters. The SMILES string of the molecule is CCc1ccc(C(CC)NCC(CC)CCO)cc1. The van der Waals surface area contributed by atoms with Crippen LogP contribution in [0.3, 0.4) is 0 Å². The lowest BCUT2D eigenvalue weighted by Gasteiger charge is -2.21. The highest BCUT2D eigenvalue weighted by Gasteiger charge is 2.11. The molecule has 0 heterocycles. The Balaban J connectivity index is 2.56. The Labute approximate surface area is 118 Å². The maximum absolute atomic E-state index is 9.04. The van der Waals surface area contributed by atoms with Crippen molar-refractivity contribution in [2.75, 3.05) is 13.2 Å². The molecule has 1 aromatic rings. The van der Waals surface area contributed by atoms with Crippen LogP contribution in [0.2, 0.25) is 0 Å². The average molecular weight is 263 g/mol. The van der Waals surface area contributed by atoms with E-state index in [4.69, 9.17) is 5.11 Å². The number of benzene rings is 1. The number of rotatable bonds is 9. The van der Waals surface area contributed by atoms with Gasteiger partial charge in [0.2, 0.25) is 0 Å². The Morgan fingerprint density at radius 2 is 1.74 bits per heavy atom. The highest BCUT2D eigenvalue weighted by Crippen LogP contribution is 2.18. The fraction of sp³-hybridized carbons (Fsp3) is 0.647. The highest BCUT2D eigenvalue weighted by atomic mass is 16.3. The zero-order valence-electron chi connectivity index (χ0n) is 12.7. The molecule has 0 amide bonds. The first kappa shape index (κ1) is 16.2. The van der Waals surface area contributed by atoms with Crippen molar-refractivity contribution in [2.45, 2.75) is 52.5 Å². The first-order chi connectivity index (χ1) is 9.24. The highest BCUT2D eigenvalue weighted by molar-refractivity contribution is 5.25. The smallest absolute Gasteiger partial charge is 0.0434 e. The van der Waals surface area contributed by atoms with Gasteiger partial charge >= 0.3 is 0 Å². The Hall–Kier alpha value is -0.860. The predicted octanol–water partition coefficient (Wildman–Crippen LogP) is 3.70. The van der Waals surface area contributed by atoms with Gasteiger partial charge in [0.15, 0.2) is 0 Å². The van der Waals surface area contributed by atoms with Crippen molar-refractivity contribution in [2.24, 2.45) is 5.92 Å². The van der Waals surface area contributed by atoms with Crippen molar-refractivity contribution in [3.63, 3.8) is 0 Å². The summed E-state index contributed by atoms with van der Waals surface area (Å²) in [7, 11) is 0. The molecule has 0 fully saturated rings. The molecule has 2 heteroatoms. The van der Waals surface area contributed by atoms with Crippen LogP contribution in [0.4, 0.5) is 0 Å². The fourth-order valence-electron chi connectivity index (χ4n) is 2.43. The molecule has 0 radical (unpaired) electrons. The van der Waals surface area contributed by atoms with E-state index >= 15 is 0 Å². The quantitative estimate of drug-likeness (QED) is 0.712. The van der Waals surface area contributed by atoms with Gasteiger partial charge in [-0.1, -0.05) is 51.5 Å². The van der Waals surface area contributed by atoms with Gasteiger partial charge in [0.25, 0.3) is 0 Å². The van der Waals surface area contributed by atoms with E-state index in [9.17, 15) is 0 Å². The molecule has 1 rings (SSSR count). The van der Waals surface area contributed by atoms with E-state index in [-0.39, 0.29) is 0 Å². The molecule has 1 aromatic carbocycles. The fourth-order valence-corrected chi connectivity index (χ4v) is 2.43. The number of hydrogen-bond acceptors (Lipinski definition) is 2. The first-order valence-corrected chi connectivity index (χ1v) is 7.68. The van der Waals surface area contributed by atoms with Crippen LogP contribution in [-0.4, -0.2) is 18.3 Å². The third kappa shape index (κ3) is 5.33. The third-order valence-electron chi connectivity index (χ3n) is 3.97. The summed E-state index contributed by atoms with van der Waals surface area (Å²) in [5, 5.41) is 12.7. The van der Waals surface area contributed by atoms with Crippen molar-refractivity contribution in [1.29, 1.82) is 0 Å². The average Bonchev–Trinajstić information content (AvgIpc) is 2.47. The molecule has 0 bridgehead atoms. The van der Waals surface area contributed by atoms with Gasteiger partial charge in [-0.2, -0.15) is 0 Å². The maximum atomic E-state index is 9.04. The second-order valence-corrected chi connectivity index (χ2v) is 5.25. The zero-order valence-corrected chi connectivity index (χ0v) is 12.7. The van der Waals surface area contributed by atoms with Gasteiger partial charge in [0.05, 0.1) is 0 Å². The number of aliphatic hydroxyl groups is 1. The number of aryl methyl sites for hydroxylation is 1. The predicted molar refractivity (Wildman–Crippen MR) is 82.3 cm³/mol. The molecule has 0 spiro atoms. The van der Waals surface area contributed by atoms with Crippen LogP contribution in [0.25, 0.3) is 0 Å². The van der Waals surface area contributed by atoms with Crippen LogP contribution in [0.15, 0.2) is 24.3 Å². The van der Waals surface area contributed by atoms with Crippen molar-refractivity contribution >= 4 is 0 Å². The molecular weight excluding hydrogens is 234 g/mol. The molecule has 19 heavy (non-hydrogen) atoms. The van der Waals surface area contributed by atoms with E-state index in [1.54, 1.807) is 0 Å². The van der Waals surface area contributed by atoms with Crippen LogP contribution in [0.1, 0.15) is 57.2 Å². The van der Waals surface area contributed by atoms with Gasteiger partial charge in [-0.3, -0.25) is 0 Å². The monoisotopic (exact) mass is 263 g/mol.